The molecule has 0 bridgehead atoms. The van der Waals surface area contributed by atoms with Gasteiger partial charge >= 0.3 is 0 Å². The highest BCUT2D eigenvalue weighted by molar-refractivity contribution is 8.76. The van der Waals surface area contributed by atoms with Crippen LogP contribution in [0.5, 0.6) is 0 Å². The maximum Gasteiger partial charge on any atom is 0.106 e. The molecule has 0 spiro atoms. The summed E-state index contributed by atoms with van der Waals surface area (Å²) in [6.45, 7) is 2.14. The van der Waals surface area contributed by atoms with Crippen LogP contribution in [0.1, 0.15) is 6.92 Å². The molecule has 76 valence electrons. The maximum absolute atomic E-state index is 8.65. The van der Waals surface area contributed by atoms with E-state index in [4.69, 9.17) is 5.11 Å². The van der Waals surface area contributed by atoms with Crippen LogP contribution in [0.4, 0.5) is 0 Å². The third-order valence-corrected chi connectivity index (χ3v) is 3.83. The fourth-order valence-electron chi connectivity index (χ4n) is 0.794. The van der Waals surface area contributed by atoms with Gasteiger partial charge in [0.1, 0.15) is 5.03 Å². The molecule has 1 N–H and O–H groups in total. The average Bonchev–Trinajstić information content (AvgIpc) is 2.20. The van der Waals surface area contributed by atoms with Crippen molar-refractivity contribution in [3.63, 3.8) is 0 Å². The molecule has 4 heteroatoms. The van der Waals surface area contributed by atoms with Crippen LogP contribution in [-0.2, 0) is 0 Å². The fourth-order valence-corrected chi connectivity index (χ4v) is 2.91. The number of aliphatic hydroxyl groups excluding tert-OH is 1. The number of rotatable bonds is 5. The Hall–Kier alpha value is -0.450. The molecule has 1 aromatic heterocycles. The zero-order valence-corrected chi connectivity index (χ0v) is 9.64. The minimum absolute atomic E-state index is 0.126. The van der Waals surface area contributed by atoms with Crippen LogP contribution in [-0.4, -0.2) is 22.5 Å². The molecule has 0 fully saturated rings. The van der Waals surface area contributed by atoms with Gasteiger partial charge in [0.05, 0.1) is 6.61 Å². The van der Waals surface area contributed by atoms with E-state index in [0.29, 0.717) is 0 Å². The molecule has 0 saturated carbocycles. The van der Waals surface area contributed by atoms with Crippen molar-refractivity contribution in [3.05, 3.63) is 36.0 Å². The van der Waals surface area contributed by atoms with E-state index < -0.39 is 0 Å². The van der Waals surface area contributed by atoms with Crippen molar-refractivity contribution in [2.75, 3.05) is 12.4 Å². The van der Waals surface area contributed by atoms with E-state index in [1.54, 1.807) is 27.8 Å². The number of nitrogens with zero attached hydrogens (tertiary/aromatic N) is 1. The molecule has 1 aromatic rings. The van der Waals surface area contributed by atoms with Crippen LogP contribution in [0.15, 0.2) is 41.1 Å². The Morgan fingerprint density at radius 1 is 1.57 bits per heavy atom. The predicted octanol–water partition coefficient (Wildman–Crippen LogP) is 2.76. The molecule has 0 aliphatic rings. The second-order valence-corrected chi connectivity index (χ2v) is 5.06. The lowest BCUT2D eigenvalue weighted by Crippen LogP contribution is -1.83. The second-order valence-electron chi connectivity index (χ2n) is 2.75. The van der Waals surface area contributed by atoms with Gasteiger partial charge in [-0.05, 0) is 29.9 Å². The Bertz CT molecular complexity index is 287. The van der Waals surface area contributed by atoms with Gasteiger partial charge in [-0.25, -0.2) is 4.98 Å². The Morgan fingerprint density at radius 3 is 3.07 bits per heavy atom. The third-order valence-electron chi connectivity index (χ3n) is 1.51. The topological polar surface area (TPSA) is 33.1 Å². The van der Waals surface area contributed by atoms with Crippen molar-refractivity contribution in [3.8, 4) is 0 Å². The molecule has 0 amide bonds. The Labute approximate surface area is 92.2 Å². The van der Waals surface area contributed by atoms with Gasteiger partial charge in [0.2, 0.25) is 0 Å². The lowest BCUT2D eigenvalue weighted by Gasteiger charge is -1.99. The summed E-state index contributed by atoms with van der Waals surface area (Å²) in [4.78, 5) is 4.19. The third kappa shape index (κ3) is 4.69. The van der Waals surface area contributed by atoms with E-state index in [0.717, 1.165) is 10.8 Å². The SMILES string of the molecule is CC(=CCO)CSSc1ccccn1. The summed E-state index contributed by atoms with van der Waals surface area (Å²) < 4.78 is 0. The average molecular weight is 227 g/mol. The van der Waals surface area contributed by atoms with Crippen LogP contribution >= 0.6 is 21.6 Å². The molecular formula is C10H13NOS2. The molecule has 2 nitrogen and oxygen atoms in total. The molecule has 0 aliphatic heterocycles. The van der Waals surface area contributed by atoms with Gasteiger partial charge < -0.3 is 5.11 Å². The van der Waals surface area contributed by atoms with E-state index in [-0.39, 0.29) is 6.61 Å². The first-order valence-corrected chi connectivity index (χ1v) is 6.62. The van der Waals surface area contributed by atoms with Crippen LogP contribution in [0, 0.1) is 0 Å². The van der Waals surface area contributed by atoms with E-state index in [2.05, 4.69) is 4.98 Å². The Balaban J connectivity index is 2.25. The number of aromatic nitrogens is 1. The molecule has 0 aliphatic carbocycles. The summed E-state index contributed by atoms with van der Waals surface area (Å²) >= 11 is 0. The molecular weight excluding hydrogens is 214 g/mol. The van der Waals surface area contributed by atoms with Crippen LogP contribution in [0.25, 0.3) is 0 Å². The van der Waals surface area contributed by atoms with Gasteiger partial charge in [0, 0.05) is 11.9 Å². The maximum atomic E-state index is 8.65. The quantitative estimate of drug-likeness (QED) is 0.619. The van der Waals surface area contributed by atoms with Gasteiger partial charge in [-0.1, -0.05) is 28.5 Å². The standard InChI is InChI=1S/C10H13NOS2/c1-9(5-7-12)8-13-14-10-4-2-3-6-11-10/h2-6,12H,7-8H2,1H3. The molecule has 14 heavy (non-hydrogen) atoms. The molecule has 1 rings (SSSR count). The summed E-state index contributed by atoms with van der Waals surface area (Å²) in [5.41, 5.74) is 1.20. The van der Waals surface area contributed by atoms with Gasteiger partial charge in [0.25, 0.3) is 0 Å². The highest BCUT2D eigenvalue weighted by Gasteiger charge is 1.95. The normalized spacial score (nSPS) is 11.7. The number of pyridine rings is 1. The van der Waals surface area contributed by atoms with E-state index >= 15 is 0 Å². The molecule has 1 heterocycles. The summed E-state index contributed by atoms with van der Waals surface area (Å²) in [6.07, 6.45) is 3.62. The molecule has 0 saturated heterocycles. The number of hydrogen-bond donors (Lipinski definition) is 1. The molecule has 0 unspecified atom stereocenters. The first kappa shape index (κ1) is 11.6. The van der Waals surface area contributed by atoms with Crippen molar-refractivity contribution in [2.45, 2.75) is 11.9 Å². The zero-order chi connectivity index (χ0) is 10.2. The van der Waals surface area contributed by atoms with E-state index in [1.807, 2.05) is 31.2 Å². The minimum Gasteiger partial charge on any atom is -0.392 e. The Kier molecular flexibility index (Phi) is 5.75. The van der Waals surface area contributed by atoms with Gasteiger partial charge in [0.15, 0.2) is 0 Å². The van der Waals surface area contributed by atoms with E-state index in [1.165, 1.54) is 5.57 Å². The van der Waals surface area contributed by atoms with Gasteiger partial charge in [-0.2, -0.15) is 0 Å². The van der Waals surface area contributed by atoms with Crippen LogP contribution < -0.4 is 0 Å². The van der Waals surface area contributed by atoms with Crippen LogP contribution in [0.3, 0.4) is 0 Å². The smallest absolute Gasteiger partial charge is 0.106 e. The minimum atomic E-state index is 0.126. The van der Waals surface area contributed by atoms with Gasteiger partial charge in [-0.15, -0.1) is 0 Å². The first-order chi connectivity index (χ1) is 6.83. The highest BCUT2D eigenvalue weighted by atomic mass is 33.1. The summed E-state index contributed by atoms with van der Waals surface area (Å²) in [5, 5.41) is 9.67. The van der Waals surface area contributed by atoms with Crippen molar-refractivity contribution in [2.24, 2.45) is 0 Å². The summed E-state index contributed by atoms with van der Waals surface area (Å²) in [7, 11) is 3.39. The molecule has 0 radical (unpaired) electrons. The van der Waals surface area contributed by atoms with E-state index in [9.17, 15) is 0 Å². The van der Waals surface area contributed by atoms with Crippen molar-refractivity contribution < 1.29 is 5.11 Å². The zero-order valence-electron chi connectivity index (χ0n) is 8.01. The van der Waals surface area contributed by atoms with Crippen molar-refractivity contribution >= 4 is 21.6 Å². The predicted molar refractivity (Wildman–Crippen MR) is 63.4 cm³/mol. The first-order valence-electron chi connectivity index (χ1n) is 4.30. The Morgan fingerprint density at radius 2 is 2.43 bits per heavy atom. The lowest BCUT2D eigenvalue weighted by atomic mass is 10.3. The number of aliphatic hydroxyl groups is 1. The fraction of sp³-hybridized carbons (Fsp3) is 0.300. The summed E-state index contributed by atoms with van der Waals surface area (Å²) in [6, 6.07) is 5.88. The monoisotopic (exact) mass is 227 g/mol. The van der Waals surface area contributed by atoms with Gasteiger partial charge in [-0.3, -0.25) is 0 Å². The number of hydrogen-bond acceptors (Lipinski definition) is 4. The lowest BCUT2D eigenvalue weighted by molar-refractivity contribution is 0.342. The van der Waals surface area contributed by atoms with Crippen molar-refractivity contribution in [1.29, 1.82) is 0 Å². The van der Waals surface area contributed by atoms with Crippen molar-refractivity contribution in [1.82, 2.24) is 4.98 Å². The summed E-state index contributed by atoms with van der Waals surface area (Å²) in [5.74, 6) is 0.918. The molecule has 0 aromatic carbocycles. The molecule has 0 atom stereocenters. The second kappa shape index (κ2) is 6.92. The van der Waals surface area contributed by atoms with Crippen LogP contribution in [0.2, 0.25) is 0 Å². The highest BCUT2D eigenvalue weighted by Crippen LogP contribution is 2.30. The largest absolute Gasteiger partial charge is 0.392 e.